The quantitative estimate of drug-likeness (QED) is 0.773. The molecule has 2 rings (SSSR count). The van der Waals surface area contributed by atoms with Gasteiger partial charge in [-0.2, -0.15) is 0 Å². The summed E-state index contributed by atoms with van der Waals surface area (Å²) in [5.74, 6) is 0. The molecule has 18 heavy (non-hydrogen) atoms. The summed E-state index contributed by atoms with van der Waals surface area (Å²) in [6, 6.07) is 0.623. The molecule has 0 aromatic rings. The average Bonchev–Trinajstić information content (AvgIpc) is 2.75. The lowest BCUT2D eigenvalue weighted by molar-refractivity contribution is 0.109. The van der Waals surface area contributed by atoms with Gasteiger partial charge in [0.2, 0.25) is 0 Å². The van der Waals surface area contributed by atoms with E-state index in [1.807, 2.05) is 6.92 Å². The molecular weight excluding hydrogens is 226 g/mol. The summed E-state index contributed by atoms with van der Waals surface area (Å²) in [6.07, 6.45) is 3.37. The van der Waals surface area contributed by atoms with Gasteiger partial charge < -0.3 is 10.0 Å². The normalized spacial score (nSPS) is 29.8. The topological polar surface area (TPSA) is 30.0 Å². The van der Waals surface area contributed by atoms with E-state index >= 15 is 0 Å². The molecule has 2 aliphatic heterocycles. The van der Waals surface area contributed by atoms with E-state index in [9.17, 15) is 5.11 Å². The molecule has 0 aliphatic carbocycles. The number of likely N-dealkylation sites (N-methyl/N-ethyl adjacent to an activating group) is 1. The average molecular weight is 255 g/mol. The lowest BCUT2D eigenvalue weighted by Gasteiger charge is -2.34. The maximum Gasteiger partial charge on any atom is 0.0527 e. The Balaban J connectivity index is 1.69. The molecule has 2 heterocycles. The first kappa shape index (κ1) is 14.3. The molecule has 0 aromatic heterocycles. The van der Waals surface area contributed by atoms with Crippen LogP contribution >= 0.6 is 0 Å². The van der Waals surface area contributed by atoms with Gasteiger partial charge in [-0.3, -0.25) is 9.80 Å². The van der Waals surface area contributed by atoms with Gasteiger partial charge in [0.15, 0.2) is 0 Å². The minimum absolute atomic E-state index is 0.153. The Morgan fingerprint density at radius 1 is 1.11 bits per heavy atom. The minimum atomic E-state index is -0.153. The Hall–Kier alpha value is -0.160. The zero-order chi connectivity index (χ0) is 13.0. The van der Waals surface area contributed by atoms with E-state index in [0.717, 1.165) is 6.42 Å². The third kappa shape index (κ3) is 4.19. The highest BCUT2D eigenvalue weighted by Crippen LogP contribution is 2.21. The van der Waals surface area contributed by atoms with Crippen molar-refractivity contribution in [3.05, 3.63) is 0 Å². The molecule has 1 N–H and O–H groups in total. The minimum Gasteiger partial charge on any atom is -0.393 e. The number of aliphatic hydroxyl groups is 1. The van der Waals surface area contributed by atoms with Gasteiger partial charge in [0.1, 0.15) is 0 Å². The summed E-state index contributed by atoms with van der Waals surface area (Å²) in [5.41, 5.74) is 0. The van der Waals surface area contributed by atoms with Crippen LogP contribution in [0.3, 0.4) is 0 Å². The first-order valence-electron chi connectivity index (χ1n) is 7.48. The van der Waals surface area contributed by atoms with Crippen LogP contribution in [0.2, 0.25) is 0 Å². The van der Waals surface area contributed by atoms with Gasteiger partial charge in [-0.1, -0.05) is 0 Å². The SMILES string of the molecule is CC(O)CC1CCCN1CCN1CCN(C)CC1. The first-order chi connectivity index (χ1) is 8.65. The van der Waals surface area contributed by atoms with Crippen LogP contribution in [0.15, 0.2) is 0 Å². The molecule has 2 unspecified atom stereocenters. The number of likely N-dealkylation sites (tertiary alicyclic amines) is 1. The van der Waals surface area contributed by atoms with E-state index in [2.05, 4.69) is 21.7 Å². The monoisotopic (exact) mass is 255 g/mol. The number of rotatable bonds is 5. The summed E-state index contributed by atoms with van der Waals surface area (Å²) in [7, 11) is 2.20. The van der Waals surface area contributed by atoms with Gasteiger partial charge >= 0.3 is 0 Å². The number of aliphatic hydroxyl groups excluding tert-OH is 1. The molecule has 0 amide bonds. The summed E-state index contributed by atoms with van der Waals surface area (Å²) >= 11 is 0. The van der Waals surface area contributed by atoms with Crippen LogP contribution in [-0.2, 0) is 0 Å². The third-order valence-corrected chi connectivity index (χ3v) is 4.41. The van der Waals surface area contributed by atoms with Gasteiger partial charge in [-0.25, -0.2) is 0 Å². The highest BCUT2D eigenvalue weighted by Gasteiger charge is 2.25. The van der Waals surface area contributed by atoms with E-state index in [4.69, 9.17) is 0 Å². The van der Waals surface area contributed by atoms with Crippen molar-refractivity contribution in [2.45, 2.75) is 38.3 Å². The van der Waals surface area contributed by atoms with Crippen LogP contribution in [0.1, 0.15) is 26.2 Å². The van der Waals surface area contributed by atoms with Crippen molar-refractivity contribution in [3.63, 3.8) is 0 Å². The Labute approximate surface area is 112 Å². The molecule has 0 bridgehead atoms. The zero-order valence-electron chi connectivity index (χ0n) is 12.0. The van der Waals surface area contributed by atoms with Gasteiger partial charge in [0.25, 0.3) is 0 Å². The van der Waals surface area contributed by atoms with E-state index < -0.39 is 0 Å². The zero-order valence-corrected chi connectivity index (χ0v) is 12.0. The molecule has 0 spiro atoms. The molecule has 0 aromatic carbocycles. The second-order valence-electron chi connectivity index (χ2n) is 6.06. The molecule has 2 fully saturated rings. The first-order valence-corrected chi connectivity index (χ1v) is 7.48. The van der Waals surface area contributed by atoms with Crippen molar-refractivity contribution in [1.29, 1.82) is 0 Å². The fourth-order valence-corrected chi connectivity index (χ4v) is 3.19. The van der Waals surface area contributed by atoms with Crippen LogP contribution in [0, 0.1) is 0 Å². The van der Waals surface area contributed by atoms with Gasteiger partial charge in [0, 0.05) is 45.3 Å². The van der Waals surface area contributed by atoms with Crippen molar-refractivity contribution in [2.24, 2.45) is 0 Å². The molecule has 0 radical (unpaired) electrons. The van der Waals surface area contributed by atoms with Crippen LogP contribution in [0.4, 0.5) is 0 Å². The highest BCUT2D eigenvalue weighted by molar-refractivity contribution is 4.81. The second-order valence-corrected chi connectivity index (χ2v) is 6.06. The highest BCUT2D eigenvalue weighted by atomic mass is 16.3. The van der Waals surface area contributed by atoms with E-state index in [1.165, 1.54) is 58.7 Å². The van der Waals surface area contributed by atoms with E-state index in [0.29, 0.717) is 6.04 Å². The summed E-state index contributed by atoms with van der Waals surface area (Å²) in [5, 5.41) is 9.53. The lowest BCUT2D eigenvalue weighted by Crippen LogP contribution is -2.47. The van der Waals surface area contributed by atoms with E-state index in [-0.39, 0.29) is 6.10 Å². The molecule has 2 saturated heterocycles. The second kappa shape index (κ2) is 6.85. The van der Waals surface area contributed by atoms with Gasteiger partial charge in [0.05, 0.1) is 6.10 Å². The molecule has 2 atom stereocenters. The third-order valence-electron chi connectivity index (χ3n) is 4.41. The van der Waals surface area contributed by atoms with E-state index in [1.54, 1.807) is 0 Å². The van der Waals surface area contributed by atoms with Crippen molar-refractivity contribution < 1.29 is 5.11 Å². The molecular formula is C14H29N3O. The van der Waals surface area contributed by atoms with Crippen molar-refractivity contribution >= 4 is 0 Å². The number of hydrogen-bond donors (Lipinski definition) is 1. The van der Waals surface area contributed by atoms with Gasteiger partial charge in [-0.15, -0.1) is 0 Å². The fraction of sp³-hybridized carbons (Fsp3) is 1.00. The maximum absolute atomic E-state index is 9.53. The van der Waals surface area contributed by atoms with Crippen LogP contribution < -0.4 is 0 Å². The predicted molar refractivity (Wildman–Crippen MR) is 74.8 cm³/mol. The number of nitrogens with zero attached hydrogens (tertiary/aromatic N) is 3. The van der Waals surface area contributed by atoms with Crippen molar-refractivity contribution in [3.8, 4) is 0 Å². The van der Waals surface area contributed by atoms with Crippen LogP contribution in [-0.4, -0.2) is 84.8 Å². The Bertz CT molecular complexity index is 239. The molecule has 106 valence electrons. The Morgan fingerprint density at radius 2 is 1.83 bits per heavy atom. The molecule has 0 saturated carbocycles. The maximum atomic E-state index is 9.53. The smallest absolute Gasteiger partial charge is 0.0527 e. The van der Waals surface area contributed by atoms with Crippen molar-refractivity contribution in [2.75, 3.05) is 52.9 Å². The summed E-state index contributed by atoms with van der Waals surface area (Å²) < 4.78 is 0. The number of piperazine rings is 1. The van der Waals surface area contributed by atoms with Crippen LogP contribution in [0.25, 0.3) is 0 Å². The lowest BCUT2D eigenvalue weighted by atomic mass is 10.1. The number of hydrogen-bond acceptors (Lipinski definition) is 4. The fourth-order valence-electron chi connectivity index (χ4n) is 3.19. The Kier molecular flexibility index (Phi) is 5.42. The standard InChI is InChI=1S/C14H29N3O/c1-13(18)12-14-4-3-5-17(14)11-10-16-8-6-15(2)7-9-16/h13-14,18H,3-12H2,1-2H3. The molecule has 4 nitrogen and oxygen atoms in total. The predicted octanol–water partition coefficient (Wildman–Crippen LogP) is 0.469. The van der Waals surface area contributed by atoms with Crippen LogP contribution in [0.5, 0.6) is 0 Å². The summed E-state index contributed by atoms with van der Waals surface area (Å²) in [4.78, 5) is 7.57. The largest absolute Gasteiger partial charge is 0.393 e. The summed E-state index contributed by atoms with van der Waals surface area (Å²) in [6.45, 7) is 10.4. The molecule has 4 heteroatoms. The Morgan fingerprint density at radius 3 is 2.50 bits per heavy atom. The van der Waals surface area contributed by atoms with Gasteiger partial charge in [-0.05, 0) is 39.8 Å². The molecule has 2 aliphatic rings. The van der Waals surface area contributed by atoms with Crippen molar-refractivity contribution in [1.82, 2.24) is 14.7 Å².